The van der Waals surface area contributed by atoms with Crippen LogP contribution < -0.4 is 42.3 Å². The third-order valence-corrected chi connectivity index (χ3v) is 18.4. The second-order valence-corrected chi connectivity index (χ2v) is 23.2. The number of aromatic nitrogens is 2. The molecule has 0 aliphatic carbocycles. The molecule has 17 rings (SSSR count). The minimum Gasteiger partial charge on any atom is -0.456 e. The Morgan fingerprint density at radius 2 is 0.662 bits per heavy atom. The van der Waals surface area contributed by atoms with Gasteiger partial charge in [-0.05, 0) is 167 Å². The highest BCUT2D eigenvalue weighted by Gasteiger charge is 2.50. The molecule has 0 N–H and O–H groups in total. The quantitative estimate of drug-likeness (QED) is 0.155. The fourth-order valence-electron chi connectivity index (χ4n) is 14.3. The molecule has 0 unspecified atom stereocenters. The lowest BCUT2D eigenvalue weighted by Crippen LogP contribution is -2.63. The van der Waals surface area contributed by atoms with E-state index in [0.717, 1.165) is 69.2 Å². The zero-order chi connectivity index (χ0) is 53.4. The zero-order valence-electron chi connectivity index (χ0n) is 45.8. The molecule has 2 aromatic heterocycles. The van der Waals surface area contributed by atoms with E-state index in [1.807, 2.05) is 0 Å². The maximum atomic E-state index is 7.82. The van der Waals surface area contributed by atoms with E-state index in [4.69, 9.17) is 9.47 Å². The van der Waals surface area contributed by atoms with Crippen LogP contribution in [-0.2, 0) is 12.8 Å². The van der Waals surface area contributed by atoms with Crippen LogP contribution in [0.4, 0.5) is 0 Å². The SMILES string of the molecule is CCc1ccc2c(c1)B1c3c(c4c5c(c3-n3c6ccc(-c7ccc(C)cc7)cc6c6cc(-c7ccc(C)cc7)cc1c63)Oc1ccc(CC)cc1B5c1cc(-c3ccc(C)cc3)cc3c5cc(-c6ccc(C)cc6)ccc5n-4c13)O2. The van der Waals surface area contributed by atoms with Crippen LogP contribution >= 0.6 is 0 Å². The number of hydrogen-bond donors (Lipinski definition) is 0. The molecule has 0 atom stereocenters. The van der Waals surface area contributed by atoms with Crippen LogP contribution in [0.5, 0.6) is 23.0 Å². The van der Waals surface area contributed by atoms with Crippen molar-refractivity contribution in [1.82, 2.24) is 9.13 Å². The van der Waals surface area contributed by atoms with Crippen LogP contribution in [0.1, 0.15) is 47.2 Å². The van der Waals surface area contributed by atoms with Gasteiger partial charge in [0.05, 0.1) is 22.4 Å². The van der Waals surface area contributed by atoms with E-state index in [1.165, 1.54) is 132 Å². The number of fused-ring (bicyclic) bond motifs is 16. The molecule has 13 aromatic rings. The smallest absolute Gasteiger partial charge is 0.256 e. The van der Waals surface area contributed by atoms with Crippen molar-refractivity contribution in [3.63, 3.8) is 0 Å². The van der Waals surface area contributed by atoms with E-state index in [1.54, 1.807) is 0 Å². The summed E-state index contributed by atoms with van der Waals surface area (Å²) >= 11 is 0. The molecule has 6 heterocycles. The molecule has 11 aromatic carbocycles. The number of rotatable bonds is 6. The van der Waals surface area contributed by atoms with Crippen LogP contribution in [0.2, 0.25) is 0 Å². The van der Waals surface area contributed by atoms with E-state index >= 15 is 0 Å². The number of benzene rings is 11. The highest BCUT2D eigenvalue weighted by atomic mass is 16.5. The maximum absolute atomic E-state index is 7.82. The zero-order valence-corrected chi connectivity index (χ0v) is 45.8. The Bertz CT molecular complexity index is 4560. The summed E-state index contributed by atoms with van der Waals surface area (Å²) in [6.07, 6.45) is 1.83. The molecule has 4 aliphatic rings. The average molecular weight is 1020 g/mol. The van der Waals surface area contributed by atoms with Crippen molar-refractivity contribution in [2.45, 2.75) is 54.4 Å². The fraction of sp³-hybridized carbons (Fsp3) is 0.108. The van der Waals surface area contributed by atoms with E-state index in [-0.39, 0.29) is 13.4 Å². The van der Waals surface area contributed by atoms with E-state index in [0.29, 0.717) is 0 Å². The molecule has 4 nitrogen and oxygen atoms in total. The molecule has 0 fully saturated rings. The number of ether oxygens (including phenoxy) is 2. The van der Waals surface area contributed by atoms with Gasteiger partial charge in [-0.25, -0.2) is 0 Å². The second kappa shape index (κ2) is 16.6. The van der Waals surface area contributed by atoms with Crippen molar-refractivity contribution in [2.24, 2.45) is 0 Å². The summed E-state index contributed by atoms with van der Waals surface area (Å²) in [4.78, 5) is 0. The van der Waals surface area contributed by atoms with Crippen molar-refractivity contribution < 1.29 is 9.47 Å². The van der Waals surface area contributed by atoms with Gasteiger partial charge < -0.3 is 18.6 Å². The van der Waals surface area contributed by atoms with E-state index < -0.39 is 0 Å². The van der Waals surface area contributed by atoms with Crippen molar-refractivity contribution in [3.05, 3.63) is 228 Å². The summed E-state index contributed by atoms with van der Waals surface area (Å²) in [6.45, 7) is 12.8. The monoisotopic (exact) mass is 1020 g/mol. The molecular formula is C74H54B2N2O2. The molecule has 0 amide bonds. The summed E-state index contributed by atoms with van der Waals surface area (Å²) in [5.74, 6) is 3.60. The Hall–Kier alpha value is -9.25. The van der Waals surface area contributed by atoms with Gasteiger partial charge in [0.2, 0.25) is 0 Å². The van der Waals surface area contributed by atoms with E-state index in [9.17, 15) is 0 Å². The molecule has 0 saturated carbocycles. The van der Waals surface area contributed by atoms with Gasteiger partial charge in [-0.3, -0.25) is 0 Å². The van der Waals surface area contributed by atoms with Crippen LogP contribution in [0.25, 0.3) is 99.5 Å². The van der Waals surface area contributed by atoms with Gasteiger partial charge in [0, 0.05) is 43.5 Å². The first-order valence-electron chi connectivity index (χ1n) is 28.6. The first-order chi connectivity index (χ1) is 39.2. The summed E-state index contributed by atoms with van der Waals surface area (Å²) in [7, 11) is 0. The first-order valence-corrected chi connectivity index (χ1v) is 28.6. The summed E-state index contributed by atoms with van der Waals surface area (Å²) in [6, 6.07) is 74.1. The van der Waals surface area contributed by atoms with Crippen LogP contribution in [0.3, 0.4) is 0 Å². The summed E-state index contributed by atoms with van der Waals surface area (Å²) < 4.78 is 20.8. The number of nitrogens with zero attached hydrogens (tertiary/aromatic N) is 2. The Kier molecular flexibility index (Phi) is 9.51. The second-order valence-electron chi connectivity index (χ2n) is 23.2. The highest BCUT2D eigenvalue weighted by Crippen LogP contribution is 2.50. The van der Waals surface area contributed by atoms with Gasteiger partial charge in [-0.1, -0.05) is 182 Å². The predicted octanol–water partition coefficient (Wildman–Crippen LogP) is 14.8. The van der Waals surface area contributed by atoms with Gasteiger partial charge in [-0.2, -0.15) is 0 Å². The lowest BCUT2D eigenvalue weighted by Gasteiger charge is -2.41. The molecule has 6 heteroatoms. The lowest BCUT2D eigenvalue weighted by molar-refractivity contribution is 0.472. The van der Waals surface area contributed by atoms with Gasteiger partial charge in [0.15, 0.2) is 0 Å². The Morgan fingerprint density at radius 3 is 1.02 bits per heavy atom. The van der Waals surface area contributed by atoms with Crippen molar-refractivity contribution >= 4 is 89.8 Å². The molecule has 378 valence electrons. The Labute approximate surface area is 466 Å². The van der Waals surface area contributed by atoms with Gasteiger partial charge in [-0.15, -0.1) is 0 Å². The molecule has 0 bridgehead atoms. The van der Waals surface area contributed by atoms with Crippen LogP contribution in [0, 0.1) is 27.7 Å². The van der Waals surface area contributed by atoms with Gasteiger partial charge in [0.1, 0.15) is 23.0 Å². The van der Waals surface area contributed by atoms with E-state index in [2.05, 4.69) is 245 Å². The molecular weight excluding hydrogens is 970 g/mol. The minimum absolute atomic E-state index is 0.181. The third kappa shape index (κ3) is 6.36. The Balaban J connectivity index is 1.06. The number of hydrogen-bond acceptors (Lipinski definition) is 2. The topological polar surface area (TPSA) is 28.3 Å². The van der Waals surface area contributed by atoms with Crippen LogP contribution in [-0.4, -0.2) is 22.6 Å². The standard InChI is InChI=1S/C74H54B2N2O2/c1-7-45-17-31-65-59(33-45)75-61-39-53(49-23-13-43(5)14-24-49)37-57-55-35-51(47-19-9-41(3)10-20-47)27-29-63(55)77(69(57)61)71-67(75)73(79-65)72-68-74(71)80-66-32-18-46(8-2)34-60(66)76(68)62-40-54(50-25-15-44(6)16-26-50)38-58-56-36-52(48-21-11-42(4)12-22-48)28-30-64(56)78(72)70(58)62/h9-40H,7-8H2,1-6H3. The van der Waals surface area contributed by atoms with Gasteiger partial charge >= 0.3 is 0 Å². The Morgan fingerprint density at radius 1 is 0.325 bits per heavy atom. The lowest BCUT2D eigenvalue weighted by atomic mass is 9.31. The molecule has 0 radical (unpaired) electrons. The van der Waals surface area contributed by atoms with Crippen molar-refractivity contribution in [3.8, 4) is 78.9 Å². The van der Waals surface area contributed by atoms with Gasteiger partial charge in [0.25, 0.3) is 13.4 Å². The molecule has 0 saturated heterocycles. The first kappa shape index (κ1) is 45.7. The van der Waals surface area contributed by atoms with Crippen molar-refractivity contribution in [1.29, 1.82) is 0 Å². The summed E-state index contributed by atoms with van der Waals surface area (Å²) in [5, 5.41) is 4.89. The number of aryl methyl sites for hydroxylation is 6. The normalized spacial score (nSPS) is 13.1. The third-order valence-electron chi connectivity index (χ3n) is 18.4. The van der Waals surface area contributed by atoms with Crippen molar-refractivity contribution in [2.75, 3.05) is 0 Å². The predicted molar refractivity (Wildman–Crippen MR) is 337 cm³/mol. The largest absolute Gasteiger partial charge is 0.456 e. The fourth-order valence-corrected chi connectivity index (χ4v) is 14.3. The van der Waals surface area contributed by atoms with Crippen LogP contribution in [0.15, 0.2) is 194 Å². The highest BCUT2D eigenvalue weighted by molar-refractivity contribution is 7.02. The summed E-state index contributed by atoms with van der Waals surface area (Å²) in [5.41, 5.74) is 31.2. The molecule has 80 heavy (non-hydrogen) atoms. The molecule has 0 spiro atoms. The maximum Gasteiger partial charge on any atom is 0.256 e. The minimum atomic E-state index is -0.181. The average Bonchev–Trinajstić information content (AvgIpc) is 1.99. The molecule has 4 aliphatic heterocycles.